The van der Waals surface area contributed by atoms with E-state index in [4.69, 9.17) is 4.74 Å². The highest BCUT2D eigenvalue weighted by Gasteiger charge is 2.46. The van der Waals surface area contributed by atoms with Crippen LogP contribution in [0.25, 0.3) is 10.2 Å². The average Bonchev–Trinajstić information content (AvgIpc) is 3.30. The summed E-state index contributed by atoms with van der Waals surface area (Å²) in [7, 11) is -0.0344. The quantitative estimate of drug-likeness (QED) is 0.445. The Morgan fingerprint density at radius 2 is 1.88 bits per heavy atom. The minimum atomic E-state index is -0.868. The van der Waals surface area contributed by atoms with Crippen LogP contribution in [-0.2, 0) is 33.7 Å². The fourth-order valence-corrected chi connectivity index (χ4v) is 5.14. The summed E-state index contributed by atoms with van der Waals surface area (Å²) in [6.07, 6.45) is 1.05. The zero-order chi connectivity index (χ0) is 22.9. The third-order valence-corrected chi connectivity index (χ3v) is 6.68. The van der Waals surface area contributed by atoms with E-state index in [1.54, 1.807) is 0 Å². The number of fused-ring (bicyclic) bond motifs is 2. The first kappa shape index (κ1) is 22.5. The molecule has 0 radical (unpaired) electrons. The van der Waals surface area contributed by atoms with Crippen molar-refractivity contribution in [2.75, 3.05) is 0 Å². The maximum absolute atomic E-state index is 13.5. The Labute approximate surface area is 192 Å². The van der Waals surface area contributed by atoms with Crippen molar-refractivity contribution < 1.29 is 19.3 Å². The Balaban J connectivity index is 1.52. The van der Waals surface area contributed by atoms with Gasteiger partial charge in [0.1, 0.15) is 10.6 Å². The van der Waals surface area contributed by atoms with Crippen molar-refractivity contribution in [1.29, 1.82) is 0 Å². The third kappa shape index (κ3) is 4.86. The number of hydrogen-bond donors (Lipinski definition) is 2. The monoisotopic (exact) mass is 450 g/mol. The number of carbonyl (C=O) groups excluding carboxylic acids is 2. The summed E-state index contributed by atoms with van der Waals surface area (Å²) in [5.41, 5.74) is 2.34. The number of carbonyl (C=O) groups is 2. The molecule has 32 heavy (non-hydrogen) atoms. The average molecular weight is 450 g/mol. The van der Waals surface area contributed by atoms with E-state index in [-0.39, 0.29) is 25.8 Å². The number of benzene rings is 2. The molecule has 0 atom stereocenters. The molecule has 166 valence electrons. The first-order valence-corrected chi connectivity index (χ1v) is 11.6. The zero-order valence-corrected chi connectivity index (χ0v) is 19.4. The number of amides is 1. The van der Waals surface area contributed by atoms with Crippen molar-refractivity contribution in [3.8, 4) is 0 Å². The number of aromatic nitrogens is 1. The van der Waals surface area contributed by atoms with Crippen molar-refractivity contribution in [3.05, 3.63) is 58.6 Å². The Morgan fingerprint density at radius 1 is 1.19 bits per heavy atom. The topological polar surface area (TPSA) is 88.5 Å². The second-order valence-corrected chi connectivity index (χ2v) is 10.5. The van der Waals surface area contributed by atoms with Crippen molar-refractivity contribution in [1.82, 2.24) is 10.3 Å². The lowest BCUT2D eigenvalue weighted by Gasteiger charge is -2.28. The Kier molecular flexibility index (Phi) is 6.10. The van der Waals surface area contributed by atoms with Crippen LogP contribution in [0.15, 0.2) is 42.5 Å². The number of nitrogens with one attached hydrogen (secondary N) is 1. The molecule has 0 saturated heterocycles. The highest BCUT2D eigenvalue weighted by Crippen LogP contribution is 2.40. The first-order valence-electron chi connectivity index (χ1n) is 10.7. The molecule has 1 aliphatic carbocycles. The number of thiazole rings is 1. The number of nitrogens with zero attached hydrogens (tertiary/aromatic N) is 1. The molecule has 4 rings (SSSR count). The normalized spacial score (nSPS) is 14.8. The van der Waals surface area contributed by atoms with E-state index in [9.17, 15) is 14.6 Å². The molecule has 1 amide bonds. The highest BCUT2D eigenvalue weighted by atomic mass is 32.1. The van der Waals surface area contributed by atoms with E-state index in [0.29, 0.717) is 19.4 Å². The van der Waals surface area contributed by atoms with Crippen molar-refractivity contribution >= 4 is 46.4 Å². The zero-order valence-electron chi connectivity index (χ0n) is 18.6. The molecular formula is C24H27BN2O4S. The van der Waals surface area contributed by atoms with E-state index in [1.807, 2.05) is 63.2 Å². The van der Waals surface area contributed by atoms with Gasteiger partial charge in [-0.2, -0.15) is 0 Å². The molecule has 0 fully saturated rings. The molecule has 2 aromatic carbocycles. The van der Waals surface area contributed by atoms with Gasteiger partial charge in [-0.1, -0.05) is 35.8 Å². The predicted octanol–water partition coefficient (Wildman–Crippen LogP) is 2.40. The molecule has 0 spiro atoms. The predicted molar refractivity (Wildman–Crippen MR) is 127 cm³/mol. The van der Waals surface area contributed by atoms with Gasteiger partial charge in [-0.15, -0.1) is 11.3 Å². The smallest absolute Gasteiger partial charge is 0.307 e. The van der Waals surface area contributed by atoms with Crippen LogP contribution in [0.3, 0.4) is 0 Å². The third-order valence-electron chi connectivity index (χ3n) is 5.64. The summed E-state index contributed by atoms with van der Waals surface area (Å²) in [5.74, 6) is -0.521. The van der Waals surface area contributed by atoms with E-state index in [2.05, 4.69) is 10.3 Å². The van der Waals surface area contributed by atoms with Crippen LogP contribution in [0.2, 0.25) is 0 Å². The maximum Gasteiger partial charge on any atom is 0.307 e. The Hall–Kier alpha value is -2.71. The van der Waals surface area contributed by atoms with Crippen LogP contribution in [0.5, 0.6) is 0 Å². The summed E-state index contributed by atoms with van der Waals surface area (Å²) in [4.78, 5) is 30.7. The van der Waals surface area contributed by atoms with Gasteiger partial charge in [0, 0.05) is 0 Å². The molecule has 1 aromatic heterocycles. The van der Waals surface area contributed by atoms with Gasteiger partial charge in [0.05, 0.1) is 28.6 Å². The minimum Gasteiger partial charge on any atom is -0.460 e. The van der Waals surface area contributed by atoms with Crippen LogP contribution in [0, 0.1) is 5.41 Å². The molecule has 8 heteroatoms. The second kappa shape index (κ2) is 8.67. The largest absolute Gasteiger partial charge is 0.460 e. The number of rotatable bonds is 6. The first-order chi connectivity index (χ1) is 15.2. The molecular weight excluding hydrogens is 423 g/mol. The van der Waals surface area contributed by atoms with Crippen LogP contribution in [0.1, 0.15) is 43.3 Å². The molecule has 0 saturated carbocycles. The lowest BCUT2D eigenvalue weighted by molar-refractivity contribution is -0.160. The van der Waals surface area contributed by atoms with Crippen LogP contribution in [-0.4, -0.2) is 35.0 Å². The lowest BCUT2D eigenvalue weighted by atomic mass is 9.80. The molecule has 3 aromatic rings. The van der Waals surface area contributed by atoms with Gasteiger partial charge in [0.15, 0.2) is 0 Å². The molecule has 2 N–H and O–H groups in total. The number of esters is 1. The number of ether oxygens (including phenoxy) is 1. The summed E-state index contributed by atoms with van der Waals surface area (Å²) in [6.45, 7) is 5.78. The van der Waals surface area contributed by atoms with Crippen LogP contribution < -0.4 is 10.8 Å². The highest BCUT2D eigenvalue weighted by molar-refractivity contribution is 7.18. The van der Waals surface area contributed by atoms with Gasteiger partial charge in [0.2, 0.25) is 5.91 Å². The van der Waals surface area contributed by atoms with Gasteiger partial charge in [0.25, 0.3) is 0 Å². The fourth-order valence-electron chi connectivity index (χ4n) is 4.25. The summed E-state index contributed by atoms with van der Waals surface area (Å²) in [6, 6.07) is 13.6. The lowest BCUT2D eigenvalue weighted by Crippen LogP contribution is -2.44. The van der Waals surface area contributed by atoms with Crippen LogP contribution >= 0.6 is 11.3 Å². The molecule has 6 nitrogen and oxygen atoms in total. The minimum absolute atomic E-state index is 0.0322. The van der Waals surface area contributed by atoms with E-state index in [0.717, 1.165) is 31.8 Å². The summed E-state index contributed by atoms with van der Waals surface area (Å²) in [5, 5.41) is 13.1. The molecule has 0 aliphatic heterocycles. The summed E-state index contributed by atoms with van der Waals surface area (Å²) < 4.78 is 6.55. The van der Waals surface area contributed by atoms with Gasteiger partial charge in [-0.3, -0.25) is 9.59 Å². The SMILES string of the molecule is CC(C)(C)OC(=O)CC1(C(=O)NCc2nc3cc(BO)ccc3s2)Cc2ccccc2C1. The van der Waals surface area contributed by atoms with Crippen LogP contribution in [0.4, 0.5) is 0 Å². The second-order valence-electron chi connectivity index (χ2n) is 9.42. The standard InChI is InChI=1S/C24H27BN2O4S/c1-23(2,3)31-21(28)13-24(11-15-6-4-5-7-16(15)12-24)22(29)26-14-20-27-18-10-17(25-30)8-9-19(18)32-20/h4-10,25,30H,11-14H2,1-3H3,(H,26,29). The van der Waals surface area contributed by atoms with Gasteiger partial charge in [-0.25, -0.2) is 4.98 Å². The van der Waals surface area contributed by atoms with Crippen molar-refractivity contribution in [2.24, 2.45) is 5.41 Å². The molecule has 1 aliphatic rings. The van der Waals surface area contributed by atoms with Crippen molar-refractivity contribution in [2.45, 2.75) is 52.2 Å². The Morgan fingerprint density at radius 3 is 2.50 bits per heavy atom. The van der Waals surface area contributed by atoms with E-state index < -0.39 is 11.0 Å². The van der Waals surface area contributed by atoms with Gasteiger partial charge >= 0.3 is 13.5 Å². The van der Waals surface area contributed by atoms with Gasteiger partial charge in [-0.05, 0) is 56.9 Å². The Bertz CT molecular complexity index is 1140. The molecule has 1 heterocycles. The van der Waals surface area contributed by atoms with E-state index >= 15 is 0 Å². The fraction of sp³-hybridized carbons (Fsp3) is 0.375. The maximum atomic E-state index is 13.5. The molecule has 0 unspecified atom stereocenters. The number of hydrogen-bond acceptors (Lipinski definition) is 6. The summed E-state index contributed by atoms with van der Waals surface area (Å²) >= 11 is 1.51. The van der Waals surface area contributed by atoms with Crippen molar-refractivity contribution in [3.63, 3.8) is 0 Å². The van der Waals surface area contributed by atoms with Gasteiger partial charge < -0.3 is 15.1 Å². The molecule has 0 bridgehead atoms. The van der Waals surface area contributed by atoms with E-state index in [1.165, 1.54) is 11.3 Å².